The lowest BCUT2D eigenvalue weighted by atomic mass is 9.87. The molecule has 0 radical (unpaired) electrons. The molecule has 0 aliphatic heterocycles. The minimum absolute atomic E-state index is 0.0783. The molecule has 0 saturated heterocycles. The van der Waals surface area contributed by atoms with Gasteiger partial charge in [-0.2, -0.15) is 0 Å². The van der Waals surface area contributed by atoms with Crippen molar-refractivity contribution in [3.05, 3.63) is 23.8 Å². The summed E-state index contributed by atoms with van der Waals surface area (Å²) in [4.78, 5) is 48.0. The van der Waals surface area contributed by atoms with Crippen LogP contribution in [-0.2, 0) is 23.8 Å². The van der Waals surface area contributed by atoms with Gasteiger partial charge in [0.25, 0.3) is 0 Å². The number of carboxylic acid groups (broad SMARTS) is 1. The van der Waals surface area contributed by atoms with Crippen LogP contribution in [0.3, 0.4) is 0 Å². The molecule has 1 aromatic rings. The number of carboxylic acids is 1. The lowest BCUT2D eigenvalue weighted by Gasteiger charge is -2.25. The van der Waals surface area contributed by atoms with Crippen molar-refractivity contribution in [3.8, 4) is 11.5 Å². The molecule has 3 N–H and O–H groups in total. The van der Waals surface area contributed by atoms with Crippen molar-refractivity contribution in [2.45, 2.75) is 85.3 Å². The van der Waals surface area contributed by atoms with Crippen molar-refractivity contribution in [3.63, 3.8) is 0 Å². The first-order valence-corrected chi connectivity index (χ1v) is 12.8. The van der Waals surface area contributed by atoms with Gasteiger partial charge in [-0.3, -0.25) is 9.59 Å². The maximum atomic E-state index is 12.3. The van der Waals surface area contributed by atoms with Crippen molar-refractivity contribution < 1.29 is 48.0 Å². The number of hydrogen-bond donors (Lipinski definition) is 2. The van der Waals surface area contributed by atoms with E-state index in [2.05, 4.69) is 0 Å². The molecule has 0 aliphatic rings. The van der Waals surface area contributed by atoms with Gasteiger partial charge in [0.05, 0.1) is 19.3 Å². The van der Waals surface area contributed by atoms with Crippen LogP contribution in [-0.4, -0.2) is 54.7 Å². The highest BCUT2D eigenvalue weighted by Crippen LogP contribution is 2.35. The van der Waals surface area contributed by atoms with E-state index in [1.54, 1.807) is 13.8 Å². The Morgan fingerprint density at radius 1 is 0.868 bits per heavy atom. The molecule has 1 rings (SSSR count). The number of benzene rings is 1. The van der Waals surface area contributed by atoms with E-state index in [4.69, 9.17) is 29.4 Å². The Balaban J connectivity index is 3.26. The molecular weight excluding hydrogens is 498 g/mol. The molecular formula is C27H41NO10. The third-order valence-electron chi connectivity index (χ3n) is 5.54. The molecule has 1 aromatic carbocycles. The minimum atomic E-state index is -1.36. The van der Waals surface area contributed by atoms with Gasteiger partial charge < -0.3 is 34.5 Å². The predicted octanol–water partition coefficient (Wildman–Crippen LogP) is 5.04. The summed E-state index contributed by atoms with van der Waals surface area (Å²) in [5.41, 5.74) is 6.34. The zero-order valence-corrected chi connectivity index (χ0v) is 23.1. The molecule has 2 unspecified atom stereocenters. The van der Waals surface area contributed by atoms with E-state index in [0.717, 1.165) is 0 Å². The van der Waals surface area contributed by atoms with Crippen LogP contribution < -0.4 is 15.2 Å². The number of rotatable bonds is 15. The van der Waals surface area contributed by atoms with Crippen molar-refractivity contribution in [1.82, 2.24) is 0 Å². The molecule has 3 atom stereocenters. The van der Waals surface area contributed by atoms with Crippen LogP contribution in [0.15, 0.2) is 18.2 Å². The van der Waals surface area contributed by atoms with E-state index in [-0.39, 0.29) is 37.6 Å². The van der Waals surface area contributed by atoms with Crippen molar-refractivity contribution >= 4 is 24.2 Å². The summed E-state index contributed by atoms with van der Waals surface area (Å²) in [5.74, 6) is -2.24. The van der Waals surface area contributed by atoms with E-state index in [0.29, 0.717) is 30.2 Å². The Labute approximate surface area is 223 Å². The zero-order chi connectivity index (χ0) is 28.8. The summed E-state index contributed by atoms with van der Waals surface area (Å²) in [6.07, 6.45) is -1.17. The second-order valence-corrected chi connectivity index (χ2v) is 9.83. The monoisotopic (exact) mass is 539 g/mol. The van der Waals surface area contributed by atoms with E-state index < -0.39 is 42.3 Å². The molecule has 0 aliphatic carbocycles. The van der Waals surface area contributed by atoms with Gasteiger partial charge in [-0.25, -0.2) is 9.59 Å². The average Bonchev–Trinajstić information content (AvgIpc) is 2.82. The average molecular weight is 540 g/mol. The number of carbonyl (C=O) groups excluding carboxylic acids is 3. The molecule has 0 saturated carbocycles. The fourth-order valence-corrected chi connectivity index (χ4v) is 3.29. The highest BCUT2D eigenvalue weighted by molar-refractivity contribution is 5.75. The Bertz CT molecular complexity index is 930. The largest absolute Gasteiger partial charge is 0.513 e. The van der Waals surface area contributed by atoms with Gasteiger partial charge in [0.15, 0.2) is 11.5 Å². The van der Waals surface area contributed by atoms with Crippen LogP contribution in [0.5, 0.6) is 11.5 Å². The lowest BCUT2D eigenvalue weighted by molar-refractivity contribution is -0.148. The lowest BCUT2D eigenvalue weighted by Crippen LogP contribution is -2.38. The van der Waals surface area contributed by atoms with E-state index in [1.165, 1.54) is 18.2 Å². The van der Waals surface area contributed by atoms with Gasteiger partial charge in [0.1, 0.15) is 6.04 Å². The van der Waals surface area contributed by atoms with E-state index in [1.807, 2.05) is 27.7 Å². The molecule has 11 heteroatoms. The number of ether oxygens (including phenoxy) is 5. The molecule has 38 heavy (non-hydrogen) atoms. The van der Waals surface area contributed by atoms with Crippen LogP contribution in [0.1, 0.15) is 78.7 Å². The van der Waals surface area contributed by atoms with E-state index in [9.17, 15) is 24.3 Å². The van der Waals surface area contributed by atoms with E-state index >= 15 is 0 Å². The number of esters is 1. The van der Waals surface area contributed by atoms with Crippen LogP contribution in [0, 0.1) is 11.8 Å². The first kappa shape index (κ1) is 32.7. The second kappa shape index (κ2) is 16.5. The standard InChI is InChI=1S/C27H41NO10/c1-7-23(29)36-18(6)14-20(24(28)25(30)31)19-8-9-21(37-26(32)34-12-10-16(2)3)22(15-19)38-27(33)35-13-11-17(4)5/h8-9,15-18,20,24H,7,10-14,28H2,1-6H3,(H,30,31)/t18?,20?,24-/m0/s1. The highest BCUT2D eigenvalue weighted by atomic mass is 16.7. The van der Waals surface area contributed by atoms with Gasteiger partial charge >= 0.3 is 24.2 Å². The number of aliphatic carboxylic acids is 1. The Morgan fingerprint density at radius 3 is 1.87 bits per heavy atom. The second-order valence-electron chi connectivity index (χ2n) is 9.83. The summed E-state index contributed by atoms with van der Waals surface area (Å²) in [7, 11) is 0. The third kappa shape index (κ3) is 12.3. The maximum Gasteiger partial charge on any atom is 0.513 e. The molecule has 0 fully saturated rings. The van der Waals surface area contributed by atoms with Gasteiger partial charge in [-0.05, 0) is 55.7 Å². The normalized spacial score (nSPS) is 13.4. The third-order valence-corrected chi connectivity index (χ3v) is 5.54. The summed E-state index contributed by atoms with van der Waals surface area (Å²) >= 11 is 0. The molecule has 11 nitrogen and oxygen atoms in total. The quantitative estimate of drug-likeness (QED) is 0.174. The fourth-order valence-electron chi connectivity index (χ4n) is 3.29. The van der Waals surface area contributed by atoms with Crippen molar-refractivity contribution in [1.29, 1.82) is 0 Å². The molecule has 0 amide bonds. The Morgan fingerprint density at radius 2 is 1.39 bits per heavy atom. The summed E-state index contributed by atoms with van der Waals surface area (Å²) in [6, 6.07) is 2.83. The SMILES string of the molecule is CCC(=O)OC(C)CC(c1ccc(OC(=O)OCCC(C)C)c(OC(=O)OCCC(C)C)c1)[C@H](N)C(=O)O. The molecule has 0 aromatic heterocycles. The number of carbonyl (C=O) groups is 4. The van der Waals surface area contributed by atoms with Gasteiger partial charge in [-0.15, -0.1) is 0 Å². The van der Waals surface area contributed by atoms with Crippen LogP contribution in [0.4, 0.5) is 9.59 Å². The van der Waals surface area contributed by atoms with Gasteiger partial charge in [-0.1, -0.05) is 40.7 Å². The van der Waals surface area contributed by atoms with Gasteiger partial charge in [0.2, 0.25) is 0 Å². The Kier molecular flexibility index (Phi) is 14.2. The van der Waals surface area contributed by atoms with Crippen molar-refractivity contribution in [2.75, 3.05) is 13.2 Å². The predicted molar refractivity (Wildman–Crippen MR) is 138 cm³/mol. The molecule has 0 heterocycles. The molecule has 0 spiro atoms. The summed E-state index contributed by atoms with van der Waals surface area (Å²) < 4.78 is 26.0. The maximum absolute atomic E-state index is 12.3. The number of hydrogen-bond acceptors (Lipinski definition) is 10. The Hall–Kier alpha value is -3.34. The first-order valence-electron chi connectivity index (χ1n) is 12.8. The van der Waals surface area contributed by atoms with Crippen molar-refractivity contribution in [2.24, 2.45) is 17.6 Å². The summed E-state index contributed by atoms with van der Waals surface area (Å²) in [6.45, 7) is 11.4. The summed E-state index contributed by atoms with van der Waals surface area (Å²) in [5, 5.41) is 9.58. The molecule has 214 valence electrons. The fraction of sp³-hybridized carbons (Fsp3) is 0.630. The smallest absolute Gasteiger partial charge is 0.480 e. The minimum Gasteiger partial charge on any atom is -0.480 e. The highest BCUT2D eigenvalue weighted by Gasteiger charge is 2.30. The molecule has 0 bridgehead atoms. The van der Waals surface area contributed by atoms with Crippen LogP contribution in [0.25, 0.3) is 0 Å². The van der Waals surface area contributed by atoms with Crippen LogP contribution >= 0.6 is 0 Å². The first-order chi connectivity index (χ1) is 17.8. The topological polar surface area (TPSA) is 161 Å². The van der Waals surface area contributed by atoms with Crippen LogP contribution in [0.2, 0.25) is 0 Å². The zero-order valence-electron chi connectivity index (χ0n) is 23.1. The van der Waals surface area contributed by atoms with Gasteiger partial charge in [0, 0.05) is 12.3 Å². The number of nitrogens with two attached hydrogens (primary N) is 1.